The van der Waals surface area contributed by atoms with Crippen LogP contribution in [0.3, 0.4) is 0 Å². The molecule has 0 saturated carbocycles. The molecule has 0 amide bonds. The van der Waals surface area contributed by atoms with Gasteiger partial charge in [0.1, 0.15) is 0 Å². The van der Waals surface area contributed by atoms with Gasteiger partial charge in [-0.2, -0.15) is 0 Å². The Balaban J connectivity index is 2.03. The molecule has 0 aliphatic carbocycles. The zero-order valence-corrected chi connectivity index (χ0v) is 10.6. The zero-order chi connectivity index (χ0) is 10.9. The van der Waals surface area contributed by atoms with E-state index >= 15 is 0 Å². The predicted octanol–water partition coefficient (Wildman–Crippen LogP) is 2.56. The van der Waals surface area contributed by atoms with Gasteiger partial charge in [-0.3, -0.25) is 9.71 Å². The number of hydrogen-bond acceptors (Lipinski definition) is 2. The number of pyridine rings is 1. The minimum Gasteiger partial charge on any atom is -0.284 e. The summed E-state index contributed by atoms with van der Waals surface area (Å²) in [4.78, 5) is 4.31. The highest BCUT2D eigenvalue weighted by atomic mass is 32.2. The number of unbranched alkanes of at least 4 members (excludes halogenated alkanes) is 1. The Morgan fingerprint density at radius 2 is 2.20 bits per heavy atom. The van der Waals surface area contributed by atoms with Gasteiger partial charge in [0, 0.05) is 18.4 Å². The number of nitrogens with one attached hydrogen (secondary N) is 1. The molecule has 1 unspecified atom stereocenters. The van der Waals surface area contributed by atoms with Crippen LogP contribution in [0, 0.1) is 0 Å². The number of aryl methyl sites for hydroxylation is 1. The number of aromatic nitrogens is 1. The molecular weight excluding hydrogens is 204 g/mol. The highest BCUT2D eigenvalue weighted by molar-refractivity contribution is 8.14. The fourth-order valence-corrected chi connectivity index (χ4v) is 2.12. The second-order valence-electron chi connectivity index (χ2n) is 3.70. The Labute approximate surface area is 96.0 Å². The van der Waals surface area contributed by atoms with Crippen molar-refractivity contribution < 1.29 is 0 Å². The van der Waals surface area contributed by atoms with Crippen LogP contribution in [0.2, 0.25) is 0 Å². The second kappa shape index (κ2) is 7.71. The molecule has 0 aromatic carbocycles. The van der Waals surface area contributed by atoms with Crippen LogP contribution in [0.4, 0.5) is 0 Å². The summed E-state index contributed by atoms with van der Waals surface area (Å²) in [5, 5.41) is 0. The molecule has 0 spiro atoms. The molecule has 1 atom stereocenters. The highest BCUT2D eigenvalue weighted by Crippen LogP contribution is 2.11. The maximum Gasteiger partial charge on any atom is 0.0403 e. The molecule has 15 heavy (non-hydrogen) atoms. The van der Waals surface area contributed by atoms with Gasteiger partial charge in [-0.15, -0.1) is 0 Å². The van der Waals surface area contributed by atoms with Crippen molar-refractivity contribution >= 4 is 11.1 Å². The first kappa shape index (κ1) is 12.5. The first-order chi connectivity index (χ1) is 7.33. The summed E-state index contributed by atoms with van der Waals surface area (Å²) in [5.41, 5.74) is 1.21. The summed E-state index contributed by atoms with van der Waals surface area (Å²) < 4.78 is 3.56. The van der Waals surface area contributed by atoms with Crippen LogP contribution in [0.5, 0.6) is 0 Å². The van der Waals surface area contributed by atoms with Gasteiger partial charge in [0.15, 0.2) is 0 Å². The molecule has 0 saturated heterocycles. The standard InChI is InChI=1S/C12H22N2S/c1-3-15(2)14-11-7-5-9-12-8-4-6-10-13-12/h4,6,8,10,14-15H,3,5,7,9,11H2,1-2H3. The minimum atomic E-state index is 0.0852. The zero-order valence-electron chi connectivity index (χ0n) is 9.74. The van der Waals surface area contributed by atoms with Crippen LogP contribution in [0.25, 0.3) is 0 Å². The molecule has 0 fully saturated rings. The van der Waals surface area contributed by atoms with Gasteiger partial charge >= 0.3 is 0 Å². The van der Waals surface area contributed by atoms with Crippen molar-refractivity contribution in [2.45, 2.75) is 26.2 Å². The average molecular weight is 226 g/mol. The molecule has 1 heterocycles. The van der Waals surface area contributed by atoms with E-state index in [-0.39, 0.29) is 11.1 Å². The summed E-state index contributed by atoms with van der Waals surface area (Å²) >= 11 is 0.0852. The Hall–Kier alpha value is -0.540. The van der Waals surface area contributed by atoms with Crippen LogP contribution < -0.4 is 4.72 Å². The van der Waals surface area contributed by atoms with E-state index in [4.69, 9.17) is 0 Å². The monoisotopic (exact) mass is 226 g/mol. The van der Waals surface area contributed by atoms with Crippen molar-refractivity contribution in [2.24, 2.45) is 0 Å². The quantitative estimate of drug-likeness (QED) is 0.552. The average Bonchev–Trinajstić information content (AvgIpc) is 2.29. The lowest BCUT2D eigenvalue weighted by atomic mass is 10.2. The minimum absolute atomic E-state index is 0.0852. The number of rotatable bonds is 7. The molecule has 1 aromatic heterocycles. The SMILES string of the molecule is CC[SH](C)NCCCCc1ccccn1. The number of hydrogen-bond donors (Lipinski definition) is 2. The third-order valence-corrected chi connectivity index (χ3v) is 4.15. The Bertz CT molecular complexity index is 251. The Kier molecular flexibility index (Phi) is 6.44. The maximum absolute atomic E-state index is 4.31. The molecule has 1 N–H and O–H groups in total. The molecule has 0 aliphatic rings. The van der Waals surface area contributed by atoms with Gasteiger partial charge in [0.25, 0.3) is 0 Å². The van der Waals surface area contributed by atoms with Crippen LogP contribution in [-0.4, -0.2) is 23.5 Å². The summed E-state index contributed by atoms with van der Waals surface area (Å²) in [6, 6.07) is 6.13. The highest BCUT2D eigenvalue weighted by Gasteiger charge is 1.94. The molecule has 3 heteroatoms. The van der Waals surface area contributed by atoms with E-state index in [2.05, 4.69) is 35.0 Å². The van der Waals surface area contributed by atoms with Gasteiger partial charge < -0.3 is 0 Å². The lowest BCUT2D eigenvalue weighted by Crippen LogP contribution is -2.12. The molecular formula is C12H22N2S. The van der Waals surface area contributed by atoms with E-state index in [9.17, 15) is 0 Å². The number of thiol groups is 1. The van der Waals surface area contributed by atoms with E-state index in [0.29, 0.717) is 0 Å². The van der Waals surface area contributed by atoms with E-state index < -0.39 is 0 Å². The van der Waals surface area contributed by atoms with Gasteiger partial charge in [0.05, 0.1) is 0 Å². The number of nitrogens with zero attached hydrogens (tertiary/aromatic N) is 1. The van der Waals surface area contributed by atoms with Crippen LogP contribution in [0.15, 0.2) is 24.4 Å². The van der Waals surface area contributed by atoms with Crippen molar-refractivity contribution in [1.29, 1.82) is 0 Å². The fraction of sp³-hybridized carbons (Fsp3) is 0.583. The van der Waals surface area contributed by atoms with Gasteiger partial charge in [0.2, 0.25) is 0 Å². The lowest BCUT2D eigenvalue weighted by Gasteiger charge is -2.14. The fourth-order valence-electron chi connectivity index (χ4n) is 1.36. The van der Waals surface area contributed by atoms with Crippen LogP contribution in [-0.2, 0) is 6.42 Å². The van der Waals surface area contributed by atoms with Crippen molar-refractivity contribution in [3.63, 3.8) is 0 Å². The van der Waals surface area contributed by atoms with Crippen molar-refractivity contribution in [3.8, 4) is 0 Å². The van der Waals surface area contributed by atoms with Crippen LogP contribution >= 0.6 is 11.1 Å². The third kappa shape index (κ3) is 5.80. The summed E-state index contributed by atoms with van der Waals surface area (Å²) in [7, 11) is 0. The van der Waals surface area contributed by atoms with Crippen molar-refractivity contribution in [1.82, 2.24) is 9.71 Å². The first-order valence-electron chi connectivity index (χ1n) is 5.67. The van der Waals surface area contributed by atoms with Gasteiger partial charge in [-0.1, -0.05) is 13.0 Å². The van der Waals surface area contributed by atoms with E-state index in [0.717, 1.165) is 13.0 Å². The topological polar surface area (TPSA) is 24.9 Å². The Morgan fingerprint density at radius 3 is 2.87 bits per heavy atom. The smallest absolute Gasteiger partial charge is 0.0403 e. The van der Waals surface area contributed by atoms with Crippen LogP contribution in [0.1, 0.15) is 25.5 Å². The predicted molar refractivity (Wildman–Crippen MR) is 70.6 cm³/mol. The van der Waals surface area contributed by atoms with Crippen molar-refractivity contribution in [2.75, 3.05) is 18.6 Å². The van der Waals surface area contributed by atoms with E-state index in [1.165, 1.54) is 24.3 Å². The molecule has 0 bridgehead atoms. The summed E-state index contributed by atoms with van der Waals surface area (Å²) in [5.74, 6) is 1.27. The van der Waals surface area contributed by atoms with Gasteiger partial charge in [-0.25, -0.2) is 11.1 Å². The second-order valence-corrected chi connectivity index (χ2v) is 6.05. The van der Waals surface area contributed by atoms with E-state index in [1.807, 2.05) is 12.3 Å². The molecule has 0 aliphatic heterocycles. The molecule has 1 rings (SSSR count). The maximum atomic E-state index is 4.31. The van der Waals surface area contributed by atoms with Crippen molar-refractivity contribution in [3.05, 3.63) is 30.1 Å². The molecule has 2 nitrogen and oxygen atoms in total. The lowest BCUT2D eigenvalue weighted by molar-refractivity contribution is 0.713. The largest absolute Gasteiger partial charge is 0.284 e. The normalized spacial score (nSPS) is 13.9. The summed E-state index contributed by atoms with van der Waals surface area (Å²) in [6.45, 7) is 3.40. The molecule has 86 valence electrons. The summed E-state index contributed by atoms with van der Waals surface area (Å²) in [6.07, 6.45) is 7.76. The van der Waals surface area contributed by atoms with E-state index in [1.54, 1.807) is 0 Å². The first-order valence-corrected chi connectivity index (χ1v) is 7.65. The molecule has 0 radical (unpaired) electrons. The third-order valence-electron chi connectivity index (χ3n) is 2.44. The van der Waals surface area contributed by atoms with Gasteiger partial charge in [-0.05, 0) is 43.4 Å². The Morgan fingerprint density at radius 1 is 1.33 bits per heavy atom. The molecule has 1 aromatic rings.